The molecule has 0 unspecified atom stereocenters. The third-order valence-corrected chi connectivity index (χ3v) is 3.64. The number of halogens is 1. The monoisotopic (exact) mass is 284 g/mol. The van der Waals surface area contributed by atoms with E-state index in [0.717, 1.165) is 17.8 Å². The van der Waals surface area contributed by atoms with Gasteiger partial charge in [0.1, 0.15) is 0 Å². The lowest BCUT2D eigenvalue weighted by molar-refractivity contribution is -0.384. The minimum absolute atomic E-state index is 0.0745. The summed E-state index contributed by atoms with van der Waals surface area (Å²) in [7, 11) is 0. The van der Waals surface area contributed by atoms with Crippen LogP contribution < -0.4 is 4.90 Å². The fourth-order valence-electron chi connectivity index (χ4n) is 2.36. The summed E-state index contributed by atoms with van der Waals surface area (Å²) in [4.78, 5) is 12.6. The normalized spacial score (nSPS) is 18.4. The van der Waals surface area contributed by atoms with Gasteiger partial charge in [0.15, 0.2) is 0 Å². The first-order chi connectivity index (χ1) is 8.95. The molecular weight excluding hydrogens is 268 g/mol. The molecule has 1 aromatic carbocycles. The first-order valence-corrected chi connectivity index (χ1v) is 6.68. The van der Waals surface area contributed by atoms with E-state index in [0.29, 0.717) is 13.2 Å². The first-order valence-electron chi connectivity index (χ1n) is 6.14. The Balaban J connectivity index is 2.41. The van der Waals surface area contributed by atoms with Crippen LogP contribution in [0.25, 0.3) is 0 Å². The van der Waals surface area contributed by atoms with Crippen LogP contribution in [0.15, 0.2) is 18.2 Å². The number of benzene rings is 1. The predicted octanol–water partition coefficient (Wildman–Crippen LogP) is 2.95. The summed E-state index contributed by atoms with van der Waals surface area (Å²) < 4.78 is 5.49. The predicted molar refractivity (Wildman–Crippen MR) is 74.9 cm³/mol. The minimum atomic E-state index is -0.399. The fraction of sp³-hybridized carbons (Fsp3) is 0.538. The molecule has 0 spiro atoms. The van der Waals surface area contributed by atoms with Crippen molar-refractivity contribution in [2.45, 2.75) is 25.3 Å². The number of morpholine rings is 1. The van der Waals surface area contributed by atoms with E-state index in [2.05, 4.69) is 18.7 Å². The van der Waals surface area contributed by atoms with Crippen molar-refractivity contribution in [2.75, 3.05) is 24.7 Å². The molecule has 0 aromatic heterocycles. The van der Waals surface area contributed by atoms with Crippen molar-refractivity contribution < 1.29 is 9.66 Å². The number of anilines is 1. The fourth-order valence-corrected chi connectivity index (χ4v) is 2.57. The van der Waals surface area contributed by atoms with Gasteiger partial charge >= 0.3 is 0 Å². The van der Waals surface area contributed by atoms with Crippen LogP contribution in [-0.2, 0) is 10.6 Å². The number of hydrogen-bond acceptors (Lipinski definition) is 4. The Hall–Kier alpha value is -1.33. The number of nitrogens with zero attached hydrogens (tertiary/aromatic N) is 2. The molecule has 104 valence electrons. The lowest BCUT2D eigenvalue weighted by atomic mass is 9.99. The molecule has 2 rings (SSSR count). The average Bonchev–Trinajstić information content (AvgIpc) is 2.37. The zero-order valence-corrected chi connectivity index (χ0v) is 11.8. The highest BCUT2D eigenvalue weighted by molar-refractivity contribution is 6.17. The summed E-state index contributed by atoms with van der Waals surface area (Å²) in [5.74, 6) is 0.254. The first kappa shape index (κ1) is 14.1. The number of alkyl halides is 1. The minimum Gasteiger partial charge on any atom is -0.377 e. The Morgan fingerprint density at radius 2 is 2.26 bits per heavy atom. The highest BCUT2D eigenvalue weighted by atomic mass is 35.5. The van der Waals surface area contributed by atoms with Crippen LogP contribution in [0.5, 0.6) is 0 Å². The molecule has 0 radical (unpaired) electrons. The van der Waals surface area contributed by atoms with Gasteiger partial charge in [-0.15, -0.1) is 11.6 Å². The van der Waals surface area contributed by atoms with E-state index in [1.54, 1.807) is 12.1 Å². The van der Waals surface area contributed by atoms with Crippen molar-refractivity contribution in [2.24, 2.45) is 0 Å². The van der Waals surface area contributed by atoms with Gasteiger partial charge in [0.05, 0.1) is 23.7 Å². The molecular formula is C13H17ClN2O3. The Kier molecular flexibility index (Phi) is 3.96. The summed E-state index contributed by atoms with van der Waals surface area (Å²) in [5.41, 5.74) is 1.67. The van der Waals surface area contributed by atoms with Gasteiger partial charge in [-0.3, -0.25) is 10.1 Å². The molecule has 0 amide bonds. The van der Waals surface area contributed by atoms with Crippen molar-refractivity contribution >= 4 is 23.0 Å². The molecule has 0 saturated carbocycles. The van der Waals surface area contributed by atoms with E-state index in [1.807, 2.05) is 0 Å². The van der Waals surface area contributed by atoms with Crippen LogP contribution in [-0.4, -0.2) is 30.2 Å². The van der Waals surface area contributed by atoms with Crippen LogP contribution in [0.3, 0.4) is 0 Å². The maximum absolute atomic E-state index is 10.8. The maximum Gasteiger partial charge on any atom is 0.269 e. The van der Waals surface area contributed by atoms with E-state index in [-0.39, 0.29) is 17.1 Å². The summed E-state index contributed by atoms with van der Waals surface area (Å²) in [5, 5.41) is 10.8. The second kappa shape index (κ2) is 5.35. The molecule has 19 heavy (non-hydrogen) atoms. The van der Waals surface area contributed by atoms with Gasteiger partial charge in [0.2, 0.25) is 0 Å². The molecule has 6 heteroatoms. The number of nitro groups is 1. The maximum atomic E-state index is 10.8. The zero-order chi connectivity index (χ0) is 14.0. The van der Waals surface area contributed by atoms with Gasteiger partial charge in [0, 0.05) is 30.2 Å². The zero-order valence-electron chi connectivity index (χ0n) is 11.1. The molecule has 1 aromatic rings. The topological polar surface area (TPSA) is 55.6 Å². The van der Waals surface area contributed by atoms with Crippen LogP contribution in [0.1, 0.15) is 19.4 Å². The smallest absolute Gasteiger partial charge is 0.269 e. The van der Waals surface area contributed by atoms with Gasteiger partial charge in [0.25, 0.3) is 5.69 Å². The summed E-state index contributed by atoms with van der Waals surface area (Å²) >= 11 is 5.94. The third-order valence-electron chi connectivity index (χ3n) is 3.35. The van der Waals surface area contributed by atoms with E-state index in [9.17, 15) is 10.1 Å². The quantitative estimate of drug-likeness (QED) is 0.486. The number of hydrogen-bond donors (Lipinski definition) is 0. The average molecular weight is 285 g/mol. The van der Waals surface area contributed by atoms with Crippen LogP contribution in [0, 0.1) is 10.1 Å². The Labute approximate surface area is 117 Å². The van der Waals surface area contributed by atoms with Crippen LogP contribution >= 0.6 is 11.6 Å². The molecule has 1 fully saturated rings. The number of nitro benzene ring substituents is 1. The SMILES string of the molecule is CC1(C)COCCN1c1ccc([N+](=O)[O-])cc1CCl. The van der Waals surface area contributed by atoms with Crippen molar-refractivity contribution in [3.8, 4) is 0 Å². The van der Waals surface area contributed by atoms with Gasteiger partial charge in [-0.1, -0.05) is 0 Å². The van der Waals surface area contributed by atoms with Crippen molar-refractivity contribution in [3.05, 3.63) is 33.9 Å². The van der Waals surface area contributed by atoms with E-state index < -0.39 is 4.92 Å². The molecule has 0 bridgehead atoms. The molecule has 0 atom stereocenters. The van der Waals surface area contributed by atoms with Gasteiger partial charge in [-0.25, -0.2) is 0 Å². The highest BCUT2D eigenvalue weighted by Gasteiger charge is 2.32. The summed E-state index contributed by atoms with van der Waals surface area (Å²) in [6.45, 7) is 6.22. The van der Waals surface area contributed by atoms with E-state index in [4.69, 9.17) is 16.3 Å². The van der Waals surface area contributed by atoms with Gasteiger partial charge in [-0.2, -0.15) is 0 Å². The van der Waals surface area contributed by atoms with Crippen molar-refractivity contribution in [1.82, 2.24) is 0 Å². The Morgan fingerprint density at radius 1 is 1.53 bits per heavy atom. The summed E-state index contributed by atoms with van der Waals surface area (Å²) in [6.07, 6.45) is 0. The lowest BCUT2D eigenvalue weighted by Gasteiger charge is -2.44. The molecule has 1 aliphatic heterocycles. The van der Waals surface area contributed by atoms with Crippen LogP contribution in [0.4, 0.5) is 11.4 Å². The second-order valence-electron chi connectivity index (χ2n) is 5.22. The van der Waals surface area contributed by atoms with E-state index >= 15 is 0 Å². The van der Waals surface area contributed by atoms with Crippen molar-refractivity contribution in [3.63, 3.8) is 0 Å². The molecule has 0 N–H and O–H groups in total. The molecule has 1 aliphatic rings. The van der Waals surface area contributed by atoms with Crippen molar-refractivity contribution in [1.29, 1.82) is 0 Å². The lowest BCUT2D eigenvalue weighted by Crippen LogP contribution is -2.53. The number of ether oxygens (including phenoxy) is 1. The molecule has 1 saturated heterocycles. The Morgan fingerprint density at radius 3 is 2.84 bits per heavy atom. The standard InChI is InChI=1S/C13H17ClN2O3/c1-13(2)9-19-6-5-15(13)12-4-3-11(16(17)18)7-10(12)8-14/h3-4,7H,5-6,8-9H2,1-2H3. The third kappa shape index (κ3) is 2.82. The number of rotatable bonds is 3. The second-order valence-corrected chi connectivity index (χ2v) is 5.49. The number of non-ortho nitro benzene ring substituents is 1. The Bertz CT molecular complexity index is 491. The van der Waals surface area contributed by atoms with Gasteiger partial charge < -0.3 is 9.64 Å². The van der Waals surface area contributed by atoms with E-state index in [1.165, 1.54) is 6.07 Å². The molecule has 0 aliphatic carbocycles. The van der Waals surface area contributed by atoms with Crippen LogP contribution in [0.2, 0.25) is 0 Å². The molecule has 5 nitrogen and oxygen atoms in total. The molecule has 1 heterocycles. The van der Waals surface area contributed by atoms with Gasteiger partial charge in [-0.05, 0) is 25.5 Å². The largest absolute Gasteiger partial charge is 0.377 e. The summed E-state index contributed by atoms with van der Waals surface area (Å²) in [6, 6.07) is 4.85. The highest BCUT2D eigenvalue weighted by Crippen LogP contribution is 2.33.